The van der Waals surface area contributed by atoms with E-state index in [1.807, 2.05) is 19.9 Å². The summed E-state index contributed by atoms with van der Waals surface area (Å²) in [5.41, 5.74) is 3.09. The van der Waals surface area contributed by atoms with Crippen molar-refractivity contribution in [2.75, 3.05) is 26.1 Å². The van der Waals surface area contributed by atoms with Crippen LogP contribution in [0.3, 0.4) is 0 Å². The number of hydrogen-bond donors (Lipinski definition) is 1. The molecule has 0 amide bonds. The molecule has 1 N–H and O–H groups in total. The highest BCUT2D eigenvalue weighted by atomic mass is 32.2. The summed E-state index contributed by atoms with van der Waals surface area (Å²) in [6.07, 6.45) is 0. The highest BCUT2D eigenvalue weighted by Crippen LogP contribution is 2.36. The summed E-state index contributed by atoms with van der Waals surface area (Å²) in [6.45, 7) is 7.23. The molecular weight excluding hydrogens is 382 g/mol. The van der Waals surface area contributed by atoms with Gasteiger partial charge >= 0.3 is 5.97 Å². The van der Waals surface area contributed by atoms with Crippen molar-refractivity contribution in [2.45, 2.75) is 32.6 Å². The molecule has 152 valence electrons. The van der Waals surface area contributed by atoms with Crippen LogP contribution in [0.4, 0.5) is 5.69 Å². The van der Waals surface area contributed by atoms with Gasteiger partial charge in [0.1, 0.15) is 0 Å². The maximum absolute atomic E-state index is 13.2. The molecule has 0 aliphatic rings. The summed E-state index contributed by atoms with van der Waals surface area (Å²) in [4.78, 5) is 12.4. The number of ether oxygens (including phenoxy) is 3. The Balaban J connectivity index is 2.69. The predicted octanol–water partition coefficient (Wildman–Crippen LogP) is 3.52. The van der Waals surface area contributed by atoms with E-state index in [9.17, 15) is 13.2 Å². The van der Waals surface area contributed by atoms with Gasteiger partial charge in [0.25, 0.3) is 10.0 Å². The zero-order valence-electron chi connectivity index (χ0n) is 17.1. The standard InChI is InChI=1S/C20H25NO6S/c1-11-8-12(2)14(4)19(13(11)3)28(23,24)21-16-10-18(26-6)17(25-5)9-15(16)20(22)27-7/h8-10,21H,1-7H3. The van der Waals surface area contributed by atoms with E-state index in [0.717, 1.165) is 11.1 Å². The van der Waals surface area contributed by atoms with Crippen molar-refractivity contribution < 1.29 is 27.4 Å². The second kappa shape index (κ2) is 8.10. The molecule has 2 aromatic carbocycles. The summed E-state index contributed by atoms with van der Waals surface area (Å²) in [7, 11) is 0.0796. The molecule has 0 atom stereocenters. The lowest BCUT2D eigenvalue weighted by molar-refractivity contribution is 0.0601. The number of carbonyl (C=O) groups is 1. The van der Waals surface area contributed by atoms with Crippen molar-refractivity contribution in [3.8, 4) is 11.5 Å². The van der Waals surface area contributed by atoms with Crippen LogP contribution >= 0.6 is 0 Å². The van der Waals surface area contributed by atoms with Gasteiger partial charge in [0.15, 0.2) is 11.5 Å². The van der Waals surface area contributed by atoms with Crippen LogP contribution in [0, 0.1) is 27.7 Å². The monoisotopic (exact) mass is 407 g/mol. The summed E-state index contributed by atoms with van der Waals surface area (Å²) in [6, 6.07) is 4.72. The minimum absolute atomic E-state index is 0.0170. The fourth-order valence-corrected chi connectivity index (χ4v) is 4.71. The molecule has 0 fully saturated rings. The Morgan fingerprint density at radius 3 is 1.82 bits per heavy atom. The van der Waals surface area contributed by atoms with E-state index in [2.05, 4.69) is 4.72 Å². The van der Waals surface area contributed by atoms with Gasteiger partial charge in [-0.25, -0.2) is 13.2 Å². The predicted molar refractivity (Wildman–Crippen MR) is 107 cm³/mol. The highest BCUT2D eigenvalue weighted by molar-refractivity contribution is 7.92. The molecule has 0 radical (unpaired) electrons. The molecule has 0 bridgehead atoms. The lowest BCUT2D eigenvalue weighted by Crippen LogP contribution is -2.19. The van der Waals surface area contributed by atoms with Gasteiger partial charge in [-0.2, -0.15) is 0 Å². The first-order chi connectivity index (χ1) is 13.1. The van der Waals surface area contributed by atoms with Gasteiger partial charge in [0, 0.05) is 12.1 Å². The average molecular weight is 407 g/mol. The Kier molecular flexibility index (Phi) is 6.23. The molecule has 0 saturated heterocycles. The Bertz CT molecular complexity index is 1000. The third-order valence-electron chi connectivity index (χ3n) is 4.74. The molecule has 0 aliphatic carbocycles. The lowest BCUT2D eigenvalue weighted by Gasteiger charge is -2.19. The van der Waals surface area contributed by atoms with Gasteiger partial charge in [0.05, 0.1) is 37.5 Å². The fraction of sp³-hybridized carbons (Fsp3) is 0.350. The van der Waals surface area contributed by atoms with Crippen molar-refractivity contribution in [1.29, 1.82) is 0 Å². The minimum atomic E-state index is -3.98. The van der Waals surface area contributed by atoms with Crippen LogP contribution in [0.2, 0.25) is 0 Å². The largest absolute Gasteiger partial charge is 0.493 e. The molecule has 0 unspecified atom stereocenters. The number of nitrogens with one attached hydrogen (secondary N) is 1. The first-order valence-electron chi connectivity index (χ1n) is 8.51. The molecule has 0 heterocycles. The lowest BCUT2D eigenvalue weighted by atomic mass is 10.0. The third kappa shape index (κ3) is 3.91. The zero-order chi connectivity index (χ0) is 21.2. The van der Waals surface area contributed by atoms with Gasteiger partial charge < -0.3 is 14.2 Å². The molecule has 2 rings (SSSR count). The Morgan fingerprint density at radius 2 is 1.36 bits per heavy atom. The number of benzene rings is 2. The van der Waals surface area contributed by atoms with E-state index in [1.165, 1.54) is 33.5 Å². The number of esters is 1. The second-order valence-corrected chi connectivity index (χ2v) is 8.06. The summed E-state index contributed by atoms with van der Waals surface area (Å²) < 4.78 is 44.2. The number of rotatable bonds is 6. The van der Waals surface area contributed by atoms with Gasteiger partial charge in [-0.3, -0.25) is 4.72 Å². The van der Waals surface area contributed by atoms with Crippen molar-refractivity contribution in [1.82, 2.24) is 0 Å². The molecule has 0 saturated carbocycles. The number of hydrogen-bond acceptors (Lipinski definition) is 6. The van der Waals surface area contributed by atoms with E-state index in [1.54, 1.807) is 13.8 Å². The molecule has 28 heavy (non-hydrogen) atoms. The highest BCUT2D eigenvalue weighted by Gasteiger charge is 2.26. The van der Waals surface area contributed by atoms with Crippen molar-refractivity contribution in [2.24, 2.45) is 0 Å². The van der Waals surface area contributed by atoms with Crippen LogP contribution in [0.25, 0.3) is 0 Å². The maximum Gasteiger partial charge on any atom is 0.340 e. The van der Waals surface area contributed by atoms with Gasteiger partial charge in [0.2, 0.25) is 0 Å². The van der Waals surface area contributed by atoms with Crippen LogP contribution in [-0.4, -0.2) is 35.7 Å². The molecule has 0 aliphatic heterocycles. The fourth-order valence-electron chi connectivity index (χ4n) is 3.02. The second-order valence-electron chi connectivity index (χ2n) is 6.44. The Morgan fingerprint density at radius 1 is 0.857 bits per heavy atom. The molecule has 2 aromatic rings. The maximum atomic E-state index is 13.2. The molecular formula is C20H25NO6S. The van der Waals surface area contributed by atoms with Crippen LogP contribution in [0.15, 0.2) is 23.1 Å². The van der Waals surface area contributed by atoms with E-state index >= 15 is 0 Å². The average Bonchev–Trinajstić information content (AvgIpc) is 2.65. The minimum Gasteiger partial charge on any atom is -0.493 e. The number of sulfonamides is 1. The Hall–Kier alpha value is -2.74. The number of aryl methyl sites for hydroxylation is 2. The Labute approximate surface area is 165 Å². The van der Waals surface area contributed by atoms with Crippen LogP contribution < -0.4 is 14.2 Å². The molecule has 8 heteroatoms. The van der Waals surface area contributed by atoms with Crippen molar-refractivity contribution in [3.05, 3.63) is 46.0 Å². The van der Waals surface area contributed by atoms with Gasteiger partial charge in [-0.05, 0) is 49.9 Å². The molecule has 7 nitrogen and oxygen atoms in total. The third-order valence-corrected chi connectivity index (χ3v) is 6.38. The number of methoxy groups -OCH3 is 3. The topological polar surface area (TPSA) is 90.9 Å². The van der Waals surface area contributed by atoms with E-state index in [-0.39, 0.29) is 27.6 Å². The number of anilines is 1. The van der Waals surface area contributed by atoms with Crippen LogP contribution in [0.1, 0.15) is 32.6 Å². The van der Waals surface area contributed by atoms with E-state index < -0.39 is 16.0 Å². The van der Waals surface area contributed by atoms with E-state index in [4.69, 9.17) is 14.2 Å². The normalized spacial score (nSPS) is 11.1. The molecule has 0 aromatic heterocycles. The summed E-state index contributed by atoms with van der Waals surface area (Å²) in [5.74, 6) is -0.140. The van der Waals surface area contributed by atoms with Gasteiger partial charge in [-0.15, -0.1) is 0 Å². The van der Waals surface area contributed by atoms with Crippen molar-refractivity contribution in [3.63, 3.8) is 0 Å². The first kappa shape index (κ1) is 21.6. The first-order valence-corrected chi connectivity index (χ1v) is 10.00. The van der Waals surface area contributed by atoms with E-state index in [0.29, 0.717) is 11.1 Å². The SMILES string of the molecule is COC(=O)c1cc(OC)c(OC)cc1NS(=O)(=O)c1c(C)c(C)cc(C)c1C. The number of carbonyl (C=O) groups excluding carboxylic acids is 1. The van der Waals surface area contributed by atoms with Crippen LogP contribution in [-0.2, 0) is 14.8 Å². The van der Waals surface area contributed by atoms with Crippen LogP contribution in [0.5, 0.6) is 11.5 Å². The quantitative estimate of drug-likeness (QED) is 0.737. The summed E-state index contributed by atoms with van der Waals surface area (Å²) in [5, 5.41) is 0. The van der Waals surface area contributed by atoms with Crippen molar-refractivity contribution >= 4 is 21.7 Å². The summed E-state index contributed by atoms with van der Waals surface area (Å²) >= 11 is 0. The zero-order valence-corrected chi connectivity index (χ0v) is 17.9. The smallest absolute Gasteiger partial charge is 0.340 e. The molecule has 0 spiro atoms. The van der Waals surface area contributed by atoms with Gasteiger partial charge in [-0.1, -0.05) is 6.07 Å².